The van der Waals surface area contributed by atoms with Gasteiger partial charge in [-0.05, 0) is 67.4 Å². The molecule has 0 aromatic heterocycles. The van der Waals surface area contributed by atoms with E-state index in [0.29, 0.717) is 31.3 Å². The van der Waals surface area contributed by atoms with Crippen molar-refractivity contribution in [2.24, 2.45) is 22.7 Å². The van der Waals surface area contributed by atoms with Crippen LogP contribution in [-0.4, -0.2) is 42.6 Å². The number of benzene rings is 1. The van der Waals surface area contributed by atoms with Crippen molar-refractivity contribution in [1.29, 1.82) is 0 Å². The molecule has 0 heterocycles. The van der Waals surface area contributed by atoms with Crippen LogP contribution in [0.4, 0.5) is 0 Å². The number of carbonyl (C=O) groups is 2. The van der Waals surface area contributed by atoms with E-state index in [-0.39, 0.29) is 12.5 Å². The third-order valence-corrected chi connectivity index (χ3v) is 5.63. The first-order valence-electron chi connectivity index (χ1n) is 11.9. The maximum Gasteiger partial charge on any atom is 0.319 e. The highest BCUT2D eigenvalue weighted by Gasteiger charge is 2.33. The van der Waals surface area contributed by atoms with E-state index < -0.39 is 11.9 Å². The lowest BCUT2D eigenvalue weighted by Crippen LogP contribution is -2.43. The largest absolute Gasteiger partial charge is 0.460 e. The van der Waals surface area contributed by atoms with Crippen LogP contribution in [0.3, 0.4) is 0 Å². The summed E-state index contributed by atoms with van der Waals surface area (Å²) in [5.41, 5.74) is 5.18. The Kier molecular flexibility index (Phi) is 10.1. The van der Waals surface area contributed by atoms with Gasteiger partial charge in [-0.15, -0.1) is 0 Å². The first kappa shape index (κ1) is 26.6. The molecule has 0 radical (unpaired) electrons. The fourth-order valence-corrected chi connectivity index (χ4v) is 4.07. The molecule has 1 atom stereocenters. The Morgan fingerprint density at radius 3 is 2.39 bits per heavy atom. The second-order valence-corrected chi connectivity index (χ2v) is 9.89. The van der Waals surface area contributed by atoms with E-state index in [1.54, 1.807) is 7.05 Å². The van der Waals surface area contributed by atoms with Crippen LogP contribution in [0.15, 0.2) is 40.9 Å². The predicted molar refractivity (Wildman–Crippen MR) is 136 cm³/mol. The van der Waals surface area contributed by atoms with Crippen molar-refractivity contribution in [2.75, 3.05) is 20.1 Å². The summed E-state index contributed by atoms with van der Waals surface area (Å²) in [6.07, 6.45) is 7.41. The molecule has 33 heavy (non-hydrogen) atoms. The van der Waals surface area contributed by atoms with Crippen LogP contribution in [0.1, 0.15) is 64.7 Å². The van der Waals surface area contributed by atoms with Gasteiger partial charge in [0.2, 0.25) is 5.91 Å². The molecule has 0 N–H and O–H groups in total. The molecule has 0 saturated heterocycles. The third-order valence-electron chi connectivity index (χ3n) is 5.63. The van der Waals surface area contributed by atoms with Crippen molar-refractivity contribution in [3.8, 4) is 0 Å². The van der Waals surface area contributed by atoms with Gasteiger partial charge in [-0.1, -0.05) is 57.6 Å². The smallest absolute Gasteiger partial charge is 0.319 e. The molecule has 1 amide bonds. The molecule has 0 bridgehead atoms. The van der Waals surface area contributed by atoms with Crippen LogP contribution in [0.25, 0.3) is 6.08 Å². The molecule has 0 saturated carbocycles. The maximum absolute atomic E-state index is 13.6. The number of amides is 1. The third kappa shape index (κ3) is 8.30. The summed E-state index contributed by atoms with van der Waals surface area (Å²) in [6.45, 7) is 13.6. The molecule has 2 rings (SSSR count). The number of aliphatic imine (C=N–C) groups is 1. The fraction of sp³-hybridized carbons (Fsp3) is 0.536. The quantitative estimate of drug-likeness (QED) is 0.254. The molecular weight excluding hydrogens is 412 g/mol. The van der Waals surface area contributed by atoms with Gasteiger partial charge in [-0.25, -0.2) is 0 Å². The maximum atomic E-state index is 13.6. The van der Waals surface area contributed by atoms with Crippen LogP contribution in [-0.2, 0) is 27.4 Å². The highest BCUT2D eigenvalue weighted by molar-refractivity contribution is 5.98. The number of rotatable bonds is 11. The summed E-state index contributed by atoms with van der Waals surface area (Å²) < 4.78 is 5.70. The Labute approximate surface area is 199 Å². The summed E-state index contributed by atoms with van der Waals surface area (Å²) in [7, 11) is 1.73. The molecule has 1 aliphatic carbocycles. The van der Waals surface area contributed by atoms with Crippen LogP contribution in [0.5, 0.6) is 0 Å². The van der Waals surface area contributed by atoms with Crippen LogP contribution in [0, 0.1) is 17.8 Å². The molecule has 1 aromatic carbocycles. The van der Waals surface area contributed by atoms with Crippen LogP contribution < -0.4 is 0 Å². The van der Waals surface area contributed by atoms with Gasteiger partial charge in [0, 0.05) is 25.8 Å². The van der Waals surface area contributed by atoms with Crippen molar-refractivity contribution in [3.05, 3.63) is 52.6 Å². The summed E-state index contributed by atoms with van der Waals surface area (Å²) in [4.78, 5) is 32.8. The zero-order valence-electron chi connectivity index (χ0n) is 21.4. The van der Waals surface area contributed by atoms with Crippen molar-refractivity contribution in [1.82, 2.24) is 4.90 Å². The molecule has 0 aliphatic heterocycles. The minimum atomic E-state index is -0.863. The highest BCUT2D eigenvalue weighted by atomic mass is 16.5. The molecule has 0 fully saturated rings. The monoisotopic (exact) mass is 452 g/mol. The minimum Gasteiger partial charge on any atom is -0.460 e. The molecule has 0 spiro atoms. The van der Waals surface area contributed by atoms with Gasteiger partial charge in [0.1, 0.15) is 12.5 Å². The van der Waals surface area contributed by atoms with E-state index in [2.05, 4.69) is 57.0 Å². The van der Waals surface area contributed by atoms with Gasteiger partial charge < -0.3 is 9.64 Å². The predicted octanol–water partition coefficient (Wildman–Crippen LogP) is 5.48. The Bertz CT molecular complexity index is 915. The topological polar surface area (TPSA) is 59.0 Å². The molecule has 180 valence electrons. The molecule has 5 heteroatoms. The second-order valence-electron chi connectivity index (χ2n) is 9.89. The molecule has 1 unspecified atom stereocenters. The Morgan fingerprint density at radius 2 is 1.79 bits per heavy atom. The van der Waals surface area contributed by atoms with Gasteiger partial charge in [-0.3, -0.25) is 14.6 Å². The Morgan fingerprint density at radius 1 is 1.12 bits per heavy atom. The zero-order chi connectivity index (χ0) is 24.5. The second kappa shape index (κ2) is 12.5. The summed E-state index contributed by atoms with van der Waals surface area (Å²) in [5.74, 6) is -0.854. The van der Waals surface area contributed by atoms with E-state index in [1.165, 1.54) is 11.1 Å². The molecule has 1 aromatic rings. The number of nitrogens with zero attached hydrogens (tertiary/aromatic N) is 2. The Balaban J connectivity index is 2.22. The van der Waals surface area contributed by atoms with Crippen molar-refractivity contribution in [3.63, 3.8) is 0 Å². The fourth-order valence-electron chi connectivity index (χ4n) is 4.07. The van der Waals surface area contributed by atoms with E-state index in [4.69, 9.17) is 4.74 Å². The minimum absolute atomic E-state index is 0.155. The van der Waals surface area contributed by atoms with E-state index in [0.717, 1.165) is 23.3 Å². The summed E-state index contributed by atoms with van der Waals surface area (Å²) >= 11 is 0. The normalized spacial score (nSPS) is 14.6. The van der Waals surface area contributed by atoms with Crippen molar-refractivity contribution in [2.45, 2.75) is 61.0 Å². The molecule has 1 aliphatic rings. The number of hydrogen-bond acceptors (Lipinski definition) is 4. The van der Waals surface area contributed by atoms with Gasteiger partial charge in [0.25, 0.3) is 0 Å². The van der Waals surface area contributed by atoms with E-state index >= 15 is 0 Å². The van der Waals surface area contributed by atoms with Crippen LogP contribution in [0.2, 0.25) is 0 Å². The lowest BCUT2D eigenvalue weighted by molar-refractivity contribution is -0.157. The first-order valence-corrected chi connectivity index (χ1v) is 11.9. The molecule has 5 nitrogen and oxygen atoms in total. The zero-order valence-corrected chi connectivity index (χ0v) is 21.4. The Hall–Kier alpha value is -2.69. The van der Waals surface area contributed by atoms with Gasteiger partial charge in [-0.2, -0.15) is 0 Å². The lowest BCUT2D eigenvalue weighted by Gasteiger charge is -2.29. The van der Waals surface area contributed by atoms with Crippen molar-refractivity contribution >= 4 is 23.7 Å². The van der Waals surface area contributed by atoms with E-state index in [9.17, 15) is 9.59 Å². The van der Waals surface area contributed by atoms with E-state index in [1.807, 2.05) is 30.9 Å². The summed E-state index contributed by atoms with van der Waals surface area (Å²) in [6, 6.07) is 6.12. The standard InChI is InChI=1S/C28H40N2O3/c1-19(2)16-30(17-20(3)4)27(31)26(14-21(5)13-22(6)29-7)28(32)33-18-23-11-12-24-9-8-10-25(24)15-23/h8,10-13,15,19-20,26H,9,14,16-18H2,1-7H3/b21-13+,29-22-. The number of carbonyl (C=O) groups excluding carboxylic acids is 2. The molecular formula is C28H40N2O3. The van der Waals surface area contributed by atoms with Crippen molar-refractivity contribution < 1.29 is 14.3 Å². The number of ether oxygens (including phenoxy) is 1. The van der Waals surface area contributed by atoms with Gasteiger partial charge in [0.15, 0.2) is 0 Å². The van der Waals surface area contributed by atoms with Gasteiger partial charge >= 0.3 is 5.97 Å². The number of esters is 1. The van der Waals surface area contributed by atoms with Gasteiger partial charge in [0.05, 0.1) is 0 Å². The first-order chi connectivity index (χ1) is 15.6. The average Bonchev–Trinajstić information content (AvgIpc) is 3.22. The number of fused-ring (bicyclic) bond motifs is 1. The highest BCUT2D eigenvalue weighted by Crippen LogP contribution is 2.23. The average molecular weight is 453 g/mol. The van der Waals surface area contributed by atoms with Crippen LogP contribution >= 0.6 is 0 Å². The lowest BCUT2D eigenvalue weighted by atomic mass is 9.96. The number of hydrogen-bond donors (Lipinski definition) is 0. The SMILES string of the molecule is C/N=C(C)\C=C(/C)CC(C(=O)OCc1ccc2c(c1)C=CC2)C(=O)N(CC(C)C)CC(C)C. The summed E-state index contributed by atoms with van der Waals surface area (Å²) in [5, 5.41) is 0. The number of allylic oxidation sites excluding steroid dienone is 3.